The second-order valence-electron chi connectivity index (χ2n) is 8.97. The molecule has 0 fully saturated rings. The third-order valence-corrected chi connectivity index (χ3v) is 6.33. The zero-order chi connectivity index (χ0) is 22.6. The lowest BCUT2D eigenvalue weighted by atomic mass is 9.84. The Balaban J connectivity index is 1.91. The maximum Gasteiger partial charge on any atom is 0.338 e. The molecule has 2 atom stereocenters. The number of ether oxygens (including phenoxy) is 1. The molecule has 32 heavy (non-hydrogen) atoms. The van der Waals surface area contributed by atoms with Crippen LogP contribution in [0.4, 0.5) is 0 Å². The van der Waals surface area contributed by atoms with Crippen molar-refractivity contribution in [2.75, 3.05) is 7.11 Å². The van der Waals surface area contributed by atoms with Crippen LogP contribution < -0.4 is 0 Å². The van der Waals surface area contributed by atoms with Gasteiger partial charge in [-0.25, -0.2) is 4.79 Å². The average Bonchev–Trinajstić information content (AvgIpc) is 3.40. The van der Waals surface area contributed by atoms with Gasteiger partial charge in [-0.2, -0.15) is 0 Å². The van der Waals surface area contributed by atoms with Crippen molar-refractivity contribution >= 4 is 16.9 Å². The molecule has 6 heteroatoms. The first kappa shape index (κ1) is 20.5. The van der Waals surface area contributed by atoms with Crippen LogP contribution in [0.5, 0.6) is 0 Å². The molecule has 0 saturated carbocycles. The van der Waals surface area contributed by atoms with E-state index in [4.69, 9.17) is 9.15 Å². The van der Waals surface area contributed by atoms with E-state index in [0.717, 1.165) is 22.2 Å². The SMILES string of the molecule is COC1c2c(-c3ccccc3)c(-c3cc4ccccc4o3)c(C(O)C(=O)O)n2CC1(C)C. The van der Waals surface area contributed by atoms with Gasteiger partial charge in [0.2, 0.25) is 0 Å². The van der Waals surface area contributed by atoms with Gasteiger partial charge < -0.3 is 23.9 Å². The number of methoxy groups -OCH3 is 1. The summed E-state index contributed by atoms with van der Waals surface area (Å²) in [4.78, 5) is 12.0. The number of aliphatic hydroxyl groups is 1. The molecule has 6 nitrogen and oxygen atoms in total. The van der Waals surface area contributed by atoms with Gasteiger partial charge in [0, 0.05) is 35.6 Å². The van der Waals surface area contributed by atoms with Crippen LogP contribution in [0.25, 0.3) is 33.4 Å². The minimum atomic E-state index is -1.71. The van der Waals surface area contributed by atoms with Crippen LogP contribution >= 0.6 is 0 Å². The molecule has 2 N–H and O–H groups in total. The Kier molecular flexibility index (Phi) is 4.73. The summed E-state index contributed by atoms with van der Waals surface area (Å²) < 4.78 is 14.0. The fourth-order valence-corrected chi connectivity index (χ4v) is 5.04. The zero-order valence-corrected chi connectivity index (χ0v) is 18.2. The molecular weight excluding hydrogens is 406 g/mol. The molecule has 0 radical (unpaired) electrons. The number of hydrogen-bond acceptors (Lipinski definition) is 4. The Morgan fingerprint density at radius 2 is 1.81 bits per heavy atom. The van der Waals surface area contributed by atoms with Crippen LogP contribution in [0.3, 0.4) is 0 Å². The lowest BCUT2D eigenvalue weighted by Crippen LogP contribution is -2.22. The van der Waals surface area contributed by atoms with Gasteiger partial charge in [0.15, 0.2) is 6.10 Å². The number of hydrogen-bond donors (Lipinski definition) is 2. The van der Waals surface area contributed by atoms with Gasteiger partial charge in [0.05, 0.1) is 11.4 Å². The zero-order valence-electron chi connectivity index (χ0n) is 18.2. The molecule has 0 saturated heterocycles. The first-order chi connectivity index (χ1) is 15.3. The van der Waals surface area contributed by atoms with E-state index in [1.54, 1.807) is 7.11 Å². The minimum absolute atomic E-state index is 0.282. The lowest BCUT2D eigenvalue weighted by Gasteiger charge is -2.26. The molecule has 2 aromatic carbocycles. The highest BCUT2D eigenvalue weighted by Crippen LogP contribution is 2.54. The van der Waals surface area contributed by atoms with Gasteiger partial charge in [-0.05, 0) is 17.7 Å². The molecule has 5 rings (SSSR count). The van der Waals surface area contributed by atoms with Crippen molar-refractivity contribution in [1.82, 2.24) is 4.57 Å². The molecule has 0 amide bonds. The smallest absolute Gasteiger partial charge is 0.338 e. The van der Waals surface area contributed by atoms with Crippen molar-refractivity contribution in [3.05, 3.63) is 72.1 Å². The fraction of sp³-hybridized carbons (Fsp3) is 0.269. The summed E-state index contributed by atoms with van der Waals surface area (Å²) in [7, 11) is 1.66. The molecule has 1 aliphatic rings. The molecule has 4 aromatic rings. The van der Waals surface area contributed by atoms with Crippen molar-refractivity contribution in [2.45, 2.75) is 32.6 Å². The normalized spacial score (nSPS) is 18.1. The highest BCUT2D eigenvalue weighted by molar-refractivity contribution is 5.93. The van der Waals surface area contributed by atoms with Crippen molar-refractivity contribution in [3.63, 3.8) is 0 Å². The maximum atomic E-state index is 12.0. The number of rotatable bonds is 5. The Labute approximate surface area is 185 Å². The largest absolute Gasteiger partial charge is 0.479 e. The molecular formula is C26H25NO5. The number of nitrogens with zero attached hydrogens (tertiary/aromatic N) is 1. The van der Waals surface area contributed by atoms with Gasteiger partial charge >= 0.3 is 5.97 Å². The van der Waals surface area contributed by atoms with Crippen LogP contribution in [0, 0.1) is 5.41 Å². The minimum Gasteiger partial charge on any atom is -0.479 e. The summed E-state index contributed by atoms with van der Waals surface area (Å²) in [5.74, 6) is -0.782. The maximum absolute atomic E-state index is 12.0. The molecule has 3 heterocycles. The van der Waals surface area contributed by atoms with E-state index in [0.29, 0.717) is 29.1 Å². The number of benzene rings is 2. The number of fused-ring (bicyclic) bond motifs is 2. The number of para-hydroxylation sites is 1. The standard InChI is InChI=1S/C26H25NO5/c1-26(2)14-27-21(23(28)25(29)30)20(18-13-16-11-7-8-12-17(16)32-18)19(22(27)24(26)31-3)15-9-5-4-6-10-15/h4-13,23-24,28H,14H2,1-3H3,(H,29,30). The first-order valence-electron chi connectivity index (χ1n) is 10.6. The Morgan fingerprint density at radius 3 is 2.47 bits per heavy atom. The van der Waals surface area contributed by atoms with Crippen molar-refractivity contribution in [1.29, 1.82) is 0 Å². The molecule has 1 aliphatic heterocycles. The van der Waals surface area contributed by atoms with Gasteiger partial charge in [-0.15, -0.1) is 0 Å². The highest BCUT2D eigenvalue weighted by Gasteiger charge is 2.46. The third kappa shape index (κ3) is 2.98. The van der Waals surface area contributed by atoms with Gasteiger partial charge in [-0.3, -0.25) is 0 Å². The van der Waals surface area contributed by atoms with E-state index in [1.807, 2.05) is 65.2 Å². The first-order valence-corrected chi connectivity index (χ1v) is 10.6. The fourth-order valence-electron chi connectivity index (χ4n) is 5.04. The summed E-state index contributed by atoms with van der Waals surface area (Å²) >= 11 is 0. The summed E-state index contributed by atoms with van der Waals surface area (Å²) in [5, 5.41) is 21.6. The predicted octanol–water partition coefficient (Wildman–Crippen LogP) is 5.41. The average molecular weight is 431 g/mol. The second kappa shape index (κ2) is 7.36. The van der Waals surface area contributed by atoms with E-state index in [9.17, 15) is 15.0 Å². The van der Waals surface area contributed by atoms with E-state index < -0.39 is 12.1 Å². The van der Waals surface area contributed by atoms with E-state index >= 15 is 0 Å². The molecule has 2 unspecified atom stereocenters. The van der Waals surface area contributed by atoms with Crippen molar-refractivity contribution < 1.29 is 24.2 Å². The number of aromatic nitrogens is 1. The van der Waals surface area contributed by atoms with E-state index in [1.165, 1.54) is 0 Å². The summed E-state index contributed by atoms with van der Waals surface area (Å²) in [6.07, 6.45) is -1.99. The highest BCUT2D eigenvalue weighted by atomic mass is 16.5. The number of aliphatic carboxylic acids is 1. The molecule has 164 valence electrons. The second-order valence-corrected chi connectivity index (χ2v) is 8.97. The van der Waals surface area contributed by atoms with Gasteiger partial charge in [0.25, 0.3) is 0 Å². The van der Waals surface area contributed by atoms with Crippen LogP contribution in [0.15, 0.2) is 65.1 Å². The topological polar surface area (TPSA) is 84.8 Å². The molecule has 0 spiro atoms. The number of carbonyl (C=O) groups is 1. The number of aliphatic hydroxyl groups excluding tert-OH is 1. The predicted molar refractivity (Wildman–Crippen MR) is 121 cm³/mol. The summed E-state index contributed by atoms with van der Waals surface area (Å²) in [6, 6.07) is 19.3. The lowest BCUT2D eigenvalue weighted by molar-refractivity contribution is -0.147. The van der Waals surface area contributed by atoms with Crippen molar-refractivity contribution in [2.24, 2.45) is 5.41 Å². The Morgan fingerprint density at radius 1 is 1.12 bits per heavy atom. The molecule has 2 aromatic heterocycles. The van der Waals surface area contributed by atoms with Crippen LogP contribution in [0.1, 0.15) is 37.4 Å². The Hall–Kier alpha value is -3.35. The number of carboxylic acid groups (broad SMARTS) is 1. The van der Waals surface area contributed by atoms with E-state index in [-0.39, 0.29) is 11.5 Å². The van der Waals surface area contributed by atoms with E-state index in [2.05, 4.69) is 13.8 Å². The number of furan rings is 1. The quantitative estimate of drug-likeness (QED) is 0.441. The van der Waals surface area contributed by atoms with Crippen molar-refractivity contribution in [3.8, 4) is 22.5 Å². The van der Waals surface area contributed by atoms with Crippen LogP contribution in [-0.2, 0) is 16.1 Å². The molecule has 0 aliphatic carbocycles. The number of carboxylic acids is 1. The third-order valence-electron chi connectivity index (χ3n) is 6.33. The van der Waals surface area contributed by atoms with Gasteiger partial charge in [0.1, 0.15) is 17.4 Å². The Bertz CT molecular complexity index is 1280. The van der Waals surface area contributed by atoms with Gasteiger partial charge in [-0.1, -0.05) is 62.4 Å². The van der Waals surface area contributed by atoms with Crippen LogP contribution in [0.2, 0.25) is 0 Å². The van der Waals surface area contributed by atoms with Crippen LogP contribution in [-0.4, -0.2) is 27.9 Å². The molecule has 0 bridgehead atoms. The monoisotopic (exact) mass is 431 g/mol. The summed E-state index contributed by atoms with van der Waals surface area (Å²) in [5.41, 5.74) is 3.93. The summed E-state index contributed by atoms with van der Waals surface area (Å²) in [6.45, 7) is 4.68.